The fourth-order valence-electron chi connectivity index (χ4n) is 2.12. The Bertz CT molecular complexity index is 318. The van der Waals surface area contributed by atoms with E-state index in [1.54, 1.807) is 0 Å². The molecule has 0 radical (unpaired) electrons. The molecule has 0 amide bonds. The van der Waals surface area contributed by atoms with Gasteiger partial charge in [0.1, 0.15) is 5.75 Å². The first-order valence-electron chi connectivity index (χ1n) is 7.16. The molecule has 1 aromatic rings. The topological polar surface area (TPSA) is 21.3 Å². The number of hydrogen-bond donors (Lipinski definition) is 1. The monoisotopic (exact) mass is 249 g/mol. The molecule has 1 rings (SSSR count). The van der Waals surface area contributed by atoms with Gasteiger partial charge in [-0.1, -0.05) is 45.7 Å². The molecule has 2 heteroatoms. The van der Waals surface area contributed by atoms with Gasteiger partial charge in [-0.2, -0.15) is 0 Å². The van der Waals surface area contributed by atoms with Crippen molar-refractivity contribution in [3.05, 3.63) is 29.8 Å². The Labute approximate surface area is 112 Å². The van der Waals surface area contributed by atoms with E-state index in [9.17, 15) is 0 Å². The fourth-order valence-corrected chi connectivity index (χ4v) is 2.12. The Balaban J connectivity index is 2.70. The molecule has 0 aliphatic heterocycles. The molecular formula is C16H27NO. The summed E-state index contributed by atoms with van der Waals surface area (Å²) in [4.78, 5) is 0. The van der Waals surface area contributed by atoms with Crippen LogP contribution >= 0.6 is 0 Å². The predicted octanol–water partition coefficient (Wildman–Crippen LogP) is 4.31. The highest BCUT2D eigenvalue weighted by molar-refractivity contribution is 5.29. The Morgan fingerprint density at radius 1 is 1.11 bits per heavy atom. The summed E-state index contributed by atoms with van der Waals surface area (Å²) in [6.07, 6.45) is 3.70. The van der Waals surface area contributed by atoms with Gasteiger partial charge in [0.15, 0.2) is 0 Å². The largest absolute Gasteiger partial charge is 0.494 e. The minimum Gasteiger partial charge on any atom is -0.494 e. The van der Waals surface area contributed by atoms with E-state index < -0.39 is 0 Å². The Kier molecular flexibility index (Phi) is 6.81. The maximum Gasteiger partial charge on any atom is 0.119 e. The van der Waals surface area contributed by atoms with Crippen molar-refractivity contribution in [1.82, 2.24) is 5.32 Å². The average molecular weight is 249 g/mol. The number of unbranched alkanes of at least 4 members (excludes halogenated alkanes) is 1. The van der Waals surface area contributed by atoms with Crippen LogP contribution in [0.4, 0.5) is 0 Å². The summed E-state index contributed by atoms with van der Waals surface area (Å²) < 4.78 is 5.48. The van der Waals surface area contributed by atoms with Crippen LogP contribution in [0.2, 0.25) is 0 Å². The molecule has 0 fully saturated rings. The van der Waals surface area contributed by atoms with Crippen molar-refractivity contribution in [3.8, 4) is 5.75 Å². The Morgan fingerprint density at radius 2 is 1.78 bits per heavy atom. The second-order valence-electron chi connectivity index (χ2n) is 5.02. The summed E-state index contributed by atoms with van der Waals surface area (Å²) in [5.74, 6) is 0.958. The van der Waals surface area contributed by atoms with Gasteiger partial charge in [0.05, 0.1) is 6.61 Å². The van der Waals surface area contributed by atoms with E-state index in [-0.39, 0.29) is 0 Å². The number of hydrogen-bond acceptors (Lipinski definition) is 2. The first-order valence-corrected chi connectivity index (χ1v) is 7.16. The Hall–Kier alpha value is -1.02. The summed E-state index contributed by atoms with van der Waals surface area (Å²) in [6.45, 7) is 9.38. The van der Waals surface area contributed by atoms with Gasteiger partial charge < -0.3 is 10.1 Å². The molecule has 0 aliphatic carbocycles. The summed E-state index contributed by atoms with van der Waals surface area (Å²) in [7, 11) is 0. The minimum absolute atomic E-state index is 0.459. The van der Waals surface area contributed by atoms with E-state index >= 15 is 0 Å². The summed E-state index contributed by atoms with van der Waals surface area (Å²) >= 11 is 0. The zero-order valence-electron chi connectivity index (χ0n) is 12.2. The van der Waals surface area contributed by atoms with Crippen molar-refractivity contribution in [3.63, 3.8) is 0 Å². The maximum atomic E-state index is 5.48. The van der Waals surface area contributed by atoms with Crippen LogP contribution in [-0.4, -0.2) is 12.6 Å². The van der Waals surface area contributed by atoms with Crippen molar-refractivity contribution in [2.24, 2.45) is 0 Å². The van der Waals surface area contributed by atoms with Crippen molar-refractivity contribution in [2.45, 2.75) is 59.0 Å². The second-order valence-corrected chi connectivity index (χ2v) is 5.02. The third kappa shape index (κ3) is 5.09. The molecule has 0 heterocycles. The molecule has 1 N–H and O–H groups in total. The smallest absolute Gasteiger partial charge is 0.119 e. The van der Waals surface area contributed by atoms with Crippen LogP contribution in [-0.2, 0) is 0 Å². The van der Waals surface area contributed by atoms with Crippen LogP contribution < -0.4 is 10.1 Å². The van der Waals surface area contributed by atoms with Crippen molar-refractivity contribution >= 4 is 0 Å². The molecule has 1 atom stereocenters. The molecule has 0 aromatic heterocycles. The second kappa shape index (κ2) is 8.15. The molecule has 1 aromatic carbocycles. The number of nitrogens with one attached hydrogen (secondary N) is 1. The fraction of sp³-hybridized carbons (Fsp3) is 0.625. The van der Waals surface area contributed by atoms with E-state index in [1.165, 1.54) is 24.8 Å². The molecule has 0 saturated heterocycles. The lowest BCUT2D eigenvalue weighted by Crippen LogP contribution is -2.28. The standard InChI is InChI=1S/C16H27NO/c1-5-7-8-16(17-13(3)4)14-9-11-15(12-10-14)18-6-2/h9-13,16-17H,5-8H2,1-4H3. The molecule has 0 spiro atoms. The van der Waals surface area contributed by atoms with E-state index in [0.717, 1.165) is 12.4 Å². The third-order valence-corrected chi connectivity index (χ3v) is 2.97. The molecule has 0 bridgehead atoms. The molecule has 0 saturated carbocycles. The molecule has 102 valence electrons. The predicted molar refractivity (Wildman–Crippen MR) is 78.1 cm³/mol. The molecular weight excluding hydrogens is 222 g/mol. The highest BCUT2D eigenvalue weighted by Crippen LogP contribution is 2.22. The van der Waals surface area contributed by atoms with Crippen LogP contribution in [0.5, 0.6) is 5.75 Å². The van der Waals surface area contributed by atoms with Gasteiger partial charge in [-0.3, -0.25) is 0 Å². The van der Waals surface area contributed by atoms with Crippen molar-refractivity contribution in [1.29, 1.82) is 0 Å². The van der Waals surface area contributed by atoms with E-state index in [1.807, 2.05) is 6.92 Å². The van der Waals surface area contributed by atoms with E-state index in [0.29, 0.717) is 12.1 Å². The van der Waals surface area contributed by atoms with Crippen LogP contribution in [0, 0.1) is 0 Å². The zero-order valence-corrected chi connectivity index (χ0v) is 12.2. The van der Waals surface area contributed by atoms with E-state index in [2.05, 4.69) is 50.4 Å². The van der Waals surface area contributed by atoms with Crippen molar-refractivity contribution < 1.29 is 4.74 Å². The number of rotatable bonds is 8. The normalized spacial score (nSPS) is 12.7. The van der Waals surface area contributed by atoms with Crippen LogP contribution in [0.25, 0.3) is 0 Å². The SMILES string of the molecule is CCCCC(NC(C)C)c1ccc(OCC)cc1. The summed E-state index contributed by atoms with van der Waals surface area (Å²) in [5.41, 5.74) is 1.36. The zero-order chi connectivity index (χ0) is 13.4. The van der Waals surface area contributed by atoms with Gasteiger partial charge in [-0.05, 0) is 31.0 Å². The summed E-state index contributed by atoms with van der Waals surface area (Å²) in [6, 6.07) is 9.47. The van der Waals surface area contributed by atoms with Gasteiger partial charge in [0, 0.05) is 12.1 Å². The van der Waals surface area contributed by atoms with Crippen molar-refractivity contribution in [2.75, 3.05) is 6.61 Å². The Morgan fingerprint density at radius 3 is 2.28 bits per heavy atom. The highest BCUT2D eigenvalue weighted by atomic mass is 16.5. The molecule has 1 unspecified atom stereocenters. The minimum atomic E-state index is 0.459. The van der Waals surface area contributed by atoms with Gasteiger partial charge >= 0.3 is 0 Å². The van der Waals surface area contributed by atoms with Crippen LogP contribution in [0.3, 0.4) is 0 Å². The highest BCUT2D eigenvalue weighted by Gasteiger charge is 2.11. The quantitative estimate of drug-likeness (QED) is 0.741. The van der Waals surface area contributed by atoms with Crippen LogP contribution in [0.15, 0.2) is 24.3 Å². The lowest BCUT2D eigenvalue weighted by atomic mass is 10.0. The summed E-state index contributed by atoms with van der Waals surface area (Å²) in [5, 5.41) is 3.64. The number of ether oxygens (including phenoxy) is 1. The first-order chi connectivity index (χ1) is 8.67. The van der Waals surface area contributed by atoms with Crippen LogP contribution in [0.1, 0.15) is 58.6 Å². The molecule has 2 nitrogen and oxygen atoms in total. The maximum absolute atomic E-state index is 5.48. The average Bonchev–Trinajstić information content (AvgIpc) is 2.35. The van der Waals surface area contributed by atoms with E-state index in [4.69, 9.17) is 4.74 Å². The van der Waals surface area contributed by atoms with Gasteiger partial charge in [0.25, 0.3) is 0 Å². The van der Waals surface area contributed by atoms with Gasteiger partial charge in [-0.15, -0.1) is 0 Å². The lowest BCUT2D eigenvalue weighted by Gasteiger charge is -2.22. The lowest BCUT2D eigenvalue weighted by molar-refractivity contribution is 0.340. The van der Waals surface area contributed by atoms with Gasteiger partial charge in [-0.25, -0.2) is 0 Å². The first kappa shape index (κ1) is 15.0. The van der Waals surface area contributed by atoms with Gasteiger partial charge in [0.2, 0.25) is 0 Å². The number of benzene rings is 1. The molecule has 18 heavy (non-hydrogen) atoms. The molecule has 0 aliphatic rings. The third-order valence-electron chi connectivity index (χ3n) is 2.97.